The Hall–Kier alpha value is -2.31. The van der Waals surface area contributed by atoms with Crippen molar-refractivity contribution in [2.24, 2.45) is 0 Å². The van der Waals surface area contributed by atoms with Gasteiger partial charge in [0.2, 0.25) is 0 Å². The average Bonchev–Trinajstić information content (AvgIpc) is 2.99. The molecule has 1 amide bonds. The van der Waals surface area contributed by atoms with Gasteiger partial charge in [-0.2, -0.15) is 0 Å². The average molecular weight is 339 g/mol. The van der Waals surface area contributed by atoms with Crippen molar-refractivity contribution in [3.05, 3.63) is 66.1 Å². The monoisotopic (exact) mass is 339 g/mol. The van der Waals surface area contributed by atoms with Crippen LogP contribution in [0.5, 0.6) is 0 Å². The molecule has 6 heteroatoms. The maximum atomic E-state index is 12.4. The van der Waals surface area contributed by atoms with Crippen LogP contribution in [-0.2, 0) is 10.5 Å². The first-order valence-electron chi connectivity index (χ1n) is 7.82. The number of nitrogens with zero attached hydrogens (tertiary/aromatic N) is 2. The lowest BCUT2D eigenvalue weighted by Crippen LogP contribution is -2.48. The van der Waals surface area contributed by atoms with E-state index in [9.17, 15) is 4.79 Å². The lowest BCUT2D eigenvalue weighted by molar-refractivity contribution is -0.00351. The molecule has 1 saturated heterocycles. The summed E-state index contributed by atoms with van der Waals surface area (Å²) in [6.07, 6.45) is 4.01. The highest BCUT2D eigenvalue weighted by atomic mass is 32.2. The lowest BCUT2D eigenvalue weighted by Gasteiger charge is -2.27. The molecular weight excluding hydrogens is 322 g/mol. The molecule has 0 aliphatic carbocycles. The number of hydrogen-bond acceptors (Lipinski definition) is 4. The number of benzene rings is 1. The van der Waals surface area contributed by atoms with Crippen LogP contribution in [0.3, 0.4) is 0 Å². The summed E-state index contributed by atoms with van der Waals surface area (Å²) in [7, 11) is 0. The van der Waals surface area contributed by atoms with Crippen molar-refractivity contribution in [3.63, 3.8) is 0 Å². The van der Waals surface area contributed by atoms with Crippen LogP contribution >= 0.6 is 11.8 Å². The van der Waals surface area contributed by atoms with Crippen LogP contribution in [0.25, 0.3) is 5.65 Å². The van der Waals surface area contributed by atoms with Crippen LogP contribution in [0, 0.1) is 0 Å². The van der Waals surface area contributed by atoms with E-state index in [2.05, 4.69) is 10.3 Å². The Morgan fingerprint density at radius 2 is 2.08 bits per heavy atom. The molecule has 4 rings (SSSR count). The van der Waals surface area contributed by atoms with Crippen LogP contribution in [0.4, 0.5) is 0 Å². The number of thioether (sulfide) groups is 1. The summed E-state index contributed by atoms with van der Waals surface area (Å²) < 4.78 is 7.11. The van der Waals surface area contributed by atoms with Crippen LogP contribution in [-0.4, -0.2) is 34.5 Å². The van der Waals surface area contributed by atoms with Gasteiger partial charge in [0.15, 0.2) is 0 Å². The molecule has 0 radical (unpaired) electrons. The molecule has 1 fully saturated rings. The molecular formula is C18H17N3O2S. The molecule has 0 atom stereocenters. The molecule has 122 valence electrons. The van der Waals surface area contributed by atoms with Gasteiger partial charge in [0.1, 0.15) is 5.65 Å². The predicted octanol–water partition coefficient (Wildman–Crippen LogP) is 2.76. The maximum absolute atomic E-state index is 12.4. The summed E-state index contributed by atoms with van der Waals surface area (Å²) in [4.78, 5) is 18.0. The number of fused-ring (bicyclic) bond motifs is 1. The number of aromatic nitrogens is 2. The highest BCUT2D eigenvalue weighted by Crippen LogP contribution is 2.26. The van der Waals surface area contributed by atoms with Crippen molar-refractivity contribution >= 4 is 23.3 Å². The van der Waals surface area contributed by atoms with Gasteiger partial charge in [0.05, 0.1) is 30.5 Å². The number of pyridine rings is 1. The van der Waals surface area contributed by atoms with Gasteiger partial charge < -0.3 is 14.5 Å². The first kappa shape index (κ1) is 15.2. The summed E-state index contributed by atoms with van der Waals surface area (Å²) in [5.41, 5.74) is 2.64. The fourth-order valence-electron chi connectivity index (χ4n) is 2.57. The zero-order valence-electron chi connectivity index (χ0n) is 13.0. The highest BCUT2D eigenvalue weighted by molar-refractivity contribution is 7.98. The molecule has 1 N–H and O–H groups in total. The number of carbonyl (C=O) groups excluding carboxylic acids is 1. The SMILES string of the molecule is O=C(NC1COC1)c1ccccc1SCc1cn2ccccc2n1. The van der Waals surface area contributed by atoms with E-state index in [0.29, 0.717) is 18.8 Å². The van der Waals surface area contributed by atoms with Crippen molar-refractivity contribution in [2.45, 2.75) is 16.7 Å². The van der Waals surface area contributed by atoms with Crippen LogP contribution < -0.4 is 5.32 Å². The van der Waals surface area contributed by atoms with E-state index < -0.39 is 0 Å². The molecule has 2 aromatic heterocycles. The summed E-state index contributed by atoms with van der Waals surface area (Å²) in [6, 6.07) is 13.8. The van der Waals surface area contributed by atoms with E-state index in [1.54, 1.807) is 11.8 Å². The first-order valence-corrected chi connectivity index (χ1v) is 8.81. The Morgan fingerprint density at radius 1 is 1.25 bits per heavy atom. The van der Waals surface area contributed by atoms with Gasteiger partial charge in [-0.1, -0.05) is 18.2 Å². The minimum absolute atomic E-state index is 0.0404. The third-order valence-electron chi connectivity index (χ3n) is 3.89. The number of hydrogen-bond donors (Lipinski definition) is 1. The van der Waals surface area contributed by atoms with Crippen molar-refractivity contribution in [1.29, 1.82) is 0 Å². The second-order valence-corrected chi connectivity index (χ2v) is 6.71. The van der Waals surface area contributed by atoms with Crippen molar-refractivity contribution in [3.8, 4) is 0 Å². The standard InChI is InChI=1S/C18H17N3O2S/c22-18(20-14-10-23-11-14)15-5-1-2-6-16(15)24-12-13-9-21-8-4-3-7-17(21)19-13/h1-9,14H,10-12H2,(H,20,22). The smallest absolute Gasteiger partial charge is 0.252 e. The minimum Gasteiger partial charge on any atom is -0.377 e. The van der Waals surface area contributed by atoms with E-state index in [0.717, 1.165) is 22.0 Å². The van der Waals surface area contributed by atoms with Crippen molar-refractivity contribution in [1.82, 2.24) is 14.7 Å². The van der Waals surface area contributed by atoms with E-state index in [4.69, 9.17) is 4.74 Å². The molecule has 3 heterocycles. The van der Waals surface area contributed by atoms with Gasteiger partial charge in [-0.05, 0) is 24.3 Å². The van der Waals surface area contributed by atoms with Crippen LogP contribution in [0.1, 0.15) is 16.1 Å². The molecule has 3 aromatic rings. The summed E-state index contributed by atoms with van der Waals surface area (Å²) in [6.45, 7) is 1.20. The first-order chi connectivity index (χ1) is 11.8. The number of nitrogens with one attached hydrogen (secondary N) is 1. The van der Waals surface area contributed by atoms with Gasteiger partial charge in [0.25, 0.3) is 5.91 Å². The second-order valence-electron chi connectivity index (χ2n) is 5.69. The number of amides is 1. The summed E-state index contributed by atoms with van der Waals surface area (Å²) >= 11 is 1.63. The fourth-order valence-corrected chi connectivity index (χ4v) is 3.50. The molecule has 0 unspecified atom stereocenters. The number of ether oxygens (including phenoxy) is 1. The molecule has 0 spiro atoms. The Kier molecular flexibility index (Phi) is 4.23. The molecule has 1 aromatic carbocycles. The van der Waals surface area contributed by atoms with Gasteiger partial charge in [-0.25, -0.2) is 4.98 Å². The van der Waals surface area contributed by atoms with Crippen LogP contribution in [0.2, 0.25) is 0 Å². The highest BCUT2D eigenvalue weighted by Gasteiger charge is 2.22. The van der Waals surface area contributed by atoms with E-state index >= 15 is 0 Å². The molecule has 0 bridgehead atoms. The van der Waals surface area contributed by atoms with E-state index in [1.165, 1.54) is 0 Å². The lowest BCUT2D eigenvalue weighted by atomic mass is 10.2. The minimum atomic E-state index is -0.0404. The van der Waals surface area contributed by atoms with E-state index in [1.807, 2.05) is 59.3 Å². The van der Waals surface area contributed by atoms with Gasteiger partial charge in [-0.3, -0.25) is 4.79 Å². The van der Waals surface area contributed by atoms with Crippen molar-refractivity contribution < 1.29 is 9.53 Å². The molecule has 5 nitrogen and oxygen atoms in total. The second kappa shape index (κ2) is 6.67. The number of imidazole rings is 1. The topological polar surface area (TPSA) is 55.6 Å². The number of carbonyl (C=O) groups is 1. The van der Waals surface area contributed by atoms with E-state index in [-0.39, 0.29) is 11.9 Å². The third-order valence-corrected chi connectivity index (χ3v) is 5.00. The molecule has 24 heavy (non-hydrogen) atoms. The van der Waals surface area contributed by atoms with Gasteiger partial charge in [0, 0.05) is 23.0 Å². The Bertz CT molecular complexity index is 840. The Labute approximate surface area is 144 Å². The predicted molar refractivity (Wildman–Crippen MR) is 93.3 cm³/mol. The largest absolute Gasteiger partial charge is 0.377 e. The summed E-state index contributed by atoms with van der Waals surface area (Å²) in [5.74, 6) is 0.680. The molecule has 1 aliphatic rings. The normalized spacial score (nSPS) is 14.5. The van der Waals surface area contributed by atoms with Crippen LogP contribution in [0.15, 0.2) is 59.8 Å². The molecule has 0 saturated carbocycles. The van der Waals surface area contributed by atoms with Gasteiger partial charge in [-0.15, -0.1) is 11.8 Å². The molecule has 1 aliphatic heterocycles. The quantitative estimate of drug-likeness (QED) is 0.726. The zero-order chi connectivity index (χ0) is 16.4. The summed E-state index contributed by atoms with van der Waals surface area (Å²) in [5, 5.41) is 3.00. The Morgan fingerprint density at radius 3 is 2.88 bits per heavy atom. The number of rotatable bonds is 5. The maximum Gasteiger partial charge on any atom is 0.252 e. The van der Waals surface area contributed by atoms with Gasteiger partial charge >= 0.3 is 0 Å². The Balaban J connectivity index is 1.48. The van der Waals surface area contributed by atoms with Crippen molar-refractivity contribution in [2.75, 3.05) is 13.2 Å². The third kappa shape index (κ3) is 3.16. The zero-order valence-corrected chi connectivity index (χ0v) is 13.8. The fraction of sp³-hybridized carbons (Fsp3) is 0.222.